The van der Waals surface area contributed by atoms with Crippen molar-refractivity contribution in [2.24, 2.45) is 14.1 Å². The van der Waals surface area contributed by atoms with Gasteiger partial charge in [-0.3, -0.25) is 9.13 Å². The number of aryl methyl sites for hydroxylation is 2. The topological polar surface area (TPSA) is 61.1 Å². The number of ether oxygens (including phenoxy) is 1. The van der Waals surface area contributed by atoms with Gasteiger partial charge in [0.05, 0.1) is 11.0 Å². The molecular formula is C18H22N4O2. The first-order chi connectivity index (χ1) is 11.6. The Morgan fingerprint density at radius 2 is 1.96 bits per heavy atom. The normalized spacial score (nSPS) is 12.5. The summed E-state index contributed by atoms with van der Waals surface area (Å²) in [4.78, 5) is 16.1. The molecule has 0 bridgehead atoms. The van der Waals surface area contributed by atoms with E-state index in [-0.39, 0.29) is 11.8 Å². The number of benzene rings is 1. The fraction of sp³-hybridized carbons (Fsp3) is 0.333. The van der Waals surface area contributed by atoms with Crippen LogP contribution >= 0.6 is 0 Å². The third-order valence-corrected chi connectivity index (χ3v) is 4.06. The molecule has 1 aromatic carbocycles. The minimum atomic E-state index is -0.00695. The zero-order valence-corrected chi connectivity index (χ0v) is 14.2. The van der Waals surface area contributed by atoms with Gasteiger partial charge < -0.3 is 10.1 Å². The van der Waals surface area contributed by atoms with Gasteiger partial charge >= 0.3 is 5.69 Å². The fourth-order valence-corrected chi connectivity index (χ4v) is 2.75. The molecule has 6 nitrogen and oxygen atoms in total. The number of pyridine rings is 1. The average molecular weight is 326 g/mol. The van der Waals surface area contributed by atoms with Crippen LogP contribution in [-0.2, 0) is 20.6 Å². The van der Waals surface area contributed by atoms with Crippen LogP contribution in [0.5, 0.6) is 5.88 Å². The third kappa shape index (κ3) is 3.33. The van der Waals surface area contributed by atoms with Crippen molar-refractivity contribution in [3.8, 4) is 5.88 Å². The Bertz CT molecular complexity index is 883. The maximum Gasteiger partial charge on any atom is 0.328 e. The van der Waals surface area contributed by atoms with Crippen LogP contribution in [0.25, 0.3) is 11.0 Å². The van der Waals surface area contributed by atoms with Crippen molar-refractivity contribution in [3.05, 3.63) is 58.6 Å². The average Bonchev–Trinajstić information content (AvgIpc) is 2.80. The van der Waals surface area contributed by atoms with Crippen molar-refractivity contribution in [1.29, 1.82) is 0 Å². The van der Waals surface area contributed by atoms with Gasteiger partial charge in [-0.2, -0.15) is 0 Å². The molecule has 126 valence electrons. The summed E-state index contributed by atoms with van der Waals surface area (Å²) in [6, 6.07) is 11.7. The zero-order valence-electron chi connectivity index (χ0n) is 14.2. The molecule has 1 N–H and O–H groups in total. The van der Waals surface area contributed by atoms with Gasteiger partial charge in [-0.1, -0.05) is 12.1 Å². The molecule has 0 saturated carbocycles. The van der Waals surface area contributed by atoms with Crippen LogP contribution in [-0.4, -0.2) is 26.8 Å². The number of nitrogens with one attached hydrogen (secondary N) is 1. The van der Waals surface area contributed by atoms with E-state index in [2.05, 4.69) is 10.3 Å². The Morgan fingerprint density at radius 1 is 1.17 bits per heavy atom. The number of hydrogen-bond acceptors (Lipinski definition) is 4. The van der Waals surface area contributed by atoms with E-state index in [4.69, 9.17) is 4.74 Å². The molecule has 1 atom stereocenters. The van der Waals surface area contributed by atoms with E-state index in [1.54, 1.807) is 29.4 Å². The van der Waals surface area contributed by atoms with E-state index in [0.717, 1.165) is 23.1 Å². The van der Waals surface area contributed by atoms with Crippen LogP contribution in [0, 0.1) is 0 Å². The Morgan fingerprint density at radius 3 is 2.71 bits per heavy atom. The van der Waals surface area contributed by atoms with Gasteiger partial charge in [0.15, 0.2) is 0 Å². The minimum absolute atomic E-state index is 0.00695. The van der Waals surface area contributed by atoms with Crippen LogP contribution < -0.4 is 15.7 Å². The molecule has 6 heteroatoms. The predicted molar refractivity (Wildman–Crippen MR) is 94.2 cm³/mol. The van der Waals surface area contributed by atoms with Crippen molar-refractivity contribution in [1.82, 2.24) is 19.4 Å². The van der Waals surface area contributed by atoms with Crippen LogP contribution in [0.2, 0.25) is 0 Å². The lowest BCUT2D eigenvalue weighted by atomic mass is 10.2. The van der Waals surface area contributed by atoms with Gasteiger partial charge in [0.1, 0.15) is 6.10 Å². The van der Waals surface area contributed by atoms with Gasteiger partial charge in [-0.25, -0.2) is 9.78 Å². The molecule has 0 aliphatic heterocycles. The molecular weight excluding hydrogens is 304 g/mol. The highest BCUT2D eigenvalue weighted by Gasteiger charge is 2.08. The first kappa shape index (κ1) is 16.3. The SMILES string of the molecule is C[C@H](CNCc1ccc2c(c1)n(C)c(=O)n2C)Oc1ccccn1. The van der Waals surface area contributed by atoms with Crippen LogP contribution in [0.3, 0.4) is 0 Å². The number of hydrogen-bond donors (Lipinski definition) is 1. The van der Waals surface area contributed by atoms with Gasteiger partial charge in [0.25, 0.3) is 0 Å². The first-order valence-electron chi connectivity index (χ1n) is 7.99. The van der Waals surface area contributed by atoms with Crippen LogP contribution in [0.1, 0.15) is 12.5 Å². The Labute approximate surface area is 140 Å². The summed E-state index contributed by atoms with van der Waals surface area (Å²) < 4.78 is 9.07. The summed E-state index contributed by atoms with van der Waals surface area (Å²) in [5.41, 5.74) is 3.01. The Hall–Kier alpha value is -2.60. The van der Waals surface area contributed by atoms with E-state index < -0.39 is 0 Å². The molecule has 0 saturated heterocycles. The molecule has 3 rings (SSSR count). The largest absolute Gasteiger partial charge is 0.473 e. The Kier molecular flexibility index (Phi) is 4.66. The number of fused-ring (bicyclic) bond motifs is 1. The van der Waals surface area contributed by atoms with Crippen molar-refractivity contribution in [2.45, 2.75) is 19.6 Å². The van der Waals surface area contributed by atoms with E-state index in [1.807, 2.05) is 43.3 Å². The summed E-state index contributed by atoms with van der Waals surface area (Å²) >= 11 is 0. The lowest BCUT2D eigenvalue weighted by Crippen LogP contribution is -2.28. The summed E-state index contributed by atoms with van der Waals surface area (Å²) in [6.07, 6.45) is 1.74. The Balaban J connectivity index is 1.60. The molecule has 2 heterocycles. The highest BCUT2D eigenvalue weighted by molar-refractivity contribution is 5.76. The number of aromatic nitrogens is 3. The summed E-state index contributed by atoms with van der Waals surface area (Å²) in [5.74, 6) is 0.632. The highest BCUT2D eigenvalue weighted by atomic mass is 16.5. The smallest absolute Gasteiger partial charge is 0.328 e. The maximum absolute atomic E-state index is 12.0. The molecule has 24 heavy (non-hydrogen) atoms. The van der Waals surface area contributed by atoms with Crippen molar-refractivity contribution in [2.75, 3.05) is 6.54 Å². The van der Waals surface area contributed by atoms with Crippen molar-refractivity contribution >= 4 is 11.0 Å². The molecule has 0 unspecified atom stereocenters. The van der Waals surface area contributed by atoms with Gasteiger partial charge in [-0.15, -0.1) is 0 Å². The number of rotatable bonds is 6. The number of imidazole rings is 1. The molecule has 2 aromatic heterocycles. The third-order valence-electron chi connectivity index (χ3n) is 4.06. The van der Waals surface area contributed by atoms with Crippen LogP contribution in [0.4, 0.5) is 0 Å². The second-order valence-electron chi connectivity index (χ2n) is 5.95. The predicted octanol–water partition coefficient (Wildman–Crippen LogP) is 1.83. The molecule has 0 amide bonds. The lowest BCUT2D eigenvalue weighted by molar-refractivity contribution is 0.208. The summed E-state index contributed by atoms with van der Waals surface area (Å²) in [7, 11) is 3.59. The van der Waals surface area contributed by atoms with E-state index >= 15 is 0 Å². The maximum atomic E-state index is 12.0. The molecule has 0 fully saturated rings. The van der Waals surface area contributed by atoms with Gasteiger partial charge in [-0.05, 0) is 30.7 Å². The monoisotopic (exact) mass is 326 g/mol. The lowest BCUT2D eigenvalue weighted by Gasteiger charge is -2.14. The van der Waals surface area contributed by atoms with E-state index in [1.165, 1.54) is 0 Å². The molecule has 3 aromatic rings. The van der Waals surface area contributed by atoms with Crippen LogP contribution in [0.15, 0.2) is 47.4 Å². The second kappa shape index (κ2) is 6.88. The highest BCUT2D eigenvalue weighted by Crippen LogP contribution is 2.14. The van der Waals surface area contributed by atoms with E-state index in [9.17, 15) is 4.79 Å². The summed E-state index contributed by atoms with van der Waals surface area (Å²) in [6.45, 7) is 3.43. The zero-order chi connectivity index (χ0) is 17.1. The fourth-order valence-electron chi connectivity index (χ4n) is 2.75. The molecule has 0 radical (unpaired) electrons. The van der Waals surface area contributed by atoms with Gasteiger partial charge in [0.2, 0.25) is 5.88 Å². The minimum Gasteiger partial charge on any atom is -0.473 e. The number of nitrogens with zero attached hydrogens (tertiary/aromatic N) is 3. The van der Waals surface area contributed by atoms with Crippen molar-refractivity contribution in [3.63, 3.8) is 0 Å². The molecule has 0 spiro atoms. The standard InChI is InChI=1S/C18H22N4O2/c1-13(24-17-6-4-5-9-20-17)11-19-12-14-7-8-15-16(10-14)22(3)18(23)21(15)2/h4-10,13,19H,11-12H2,1-3H3/t13-/m1/s1. The van der Waals surface area contributed by atoms with E-state index in [0.29, 0.717) is 12.4 Å². The quantitative estimate of drug-likeness (QED) is 0.751. The molecule has 0 aliphatic carbocycles. The molecule has 0 aliphatic rings. The summed E-state index contributed by atoms with van der Waals surface area (Å²) in [5, 5.41) is 3.38. The second-order valence-corrected chi connectivity index (χ2v) is 5.95. The van der Waals surface area contributed by atoms with Gasteiger partial charge in [0, 0.05) is 39.4 Å². The first-order valence-corrected chi connectivity index (χ1v) is 7.99. The van der Waals surface area contributed by atoms with Crippen molar-refractivity contribution < 1.29 is 4.74 Å².